The smallest absolute Gasteiger partial charge is 0.269 e. The lowest BCUT2D eigenvalue weighted by Gasteiger charge is -2.16. The van der Waals surface area contributed by atoms with E-state index in [1.54, 1.807) is 26.4 Å². The first kappa shape index (κ1) is 23.1. The fourth-order valence-electron chi connectivity index (χ4n) is 2.66. The zero-order valence-electron chi connectivity index (χ0n) is 17.7. The van der Waals surface area contributed by atoms with Crippen molar-refractivity contribution >= 4 is 17.8 Å². The van der Waals surface area contributed by atoms with Gasteiger partial charge in [0.05, 0.1) is 4.92 Å². The number of ether oxygens (including phenoxy) is 4. The van der Waals surface area contributed by atoms with Crippen LogP contribution >= 0.6 is 0 Å². The SMILES string of the molecule is COCOc1cc(/C=C/c2ccc([N+](=O)[O-])cc2)cc(CC=C(C)C)c1OCOC. The monoisotopic (exact) mass is 413 g/mol. The Morgan fingerprint density at radius 3 is 2.20 bits per heavy atom. The Morgan fingerprint density at radius 2 is 1.60 bits per heavy atom. The van der Waals surface area contributed by atoms with Gasteiger partial charge in [-0.1, -0.05) is 23.8 Å². The van der Waals surface area contributed by atoms with Gasteiger partial charge in [-0.15, -0.1) is 0 Å². The van der Waals surface area contributed by atoms with Crippen LogP contribution in [-0.2, 0) is 15.9 Å². The van der Waals surface area contributed by atoms with Gasteiger partial charge in [-0.3, -0.25) is 10.1 Å². The Hall–Kier alpha value is -3.16. The average Bonchev–Trinajstić information content (AvgIpc) is 2.73. The lowest BCUT2D eigenvalue weighted by atomic mass is 10.0. The second kappa shape index (κ2) is 11.7. The van der Waals surface area contributed by atoms with Gasteiger partial charge < -0.3 is 18.9 Å². The predicted octanol–water partition coefficient (Wildman–Crippen LogP) is 5.24. The first-order chi connectivity index (χ1) is 14.4. The minimum atomic E-state index is -0.416. The Balaban J connectivity index is 2.40. The van der Waals surface area contributed by atoms with Crippen LogP contribution in [0.1, 0.15) is 30.5 Å². The maximum absolute atomic E-state index is 10.8. The van der Waals surface area contributed by atoms with Crippen LogP contribution in [0.2, 0.25) is 0 Å². The van der Waals surface area contributed by atoms with Crippen LogP contribution in [0.4, 0.5) is 5.69 Å². The van der Waals surface area contributed by atoms with Gasteiger partial charge in [-0.05, 0) is 55.7 Å². The summed E-state index contributed by atoms with van der Waals surface area (Å²) in [6.07, 6.45) is 6.59. The third-order valence-electron chi connectivity index (χ3n) is 4.11. The summed E-state index contributed by atoms with van der Waals surface area (Å²) < 4.78 is 21.6. The van der Waals surface area contributed by atoms with Crippen molar-refractivity contribution in [3.8, 4) is 11.5 Å². The van der Waals surface area contributed by atoms with E-state index in [2.05, 4.69) is 6.08 Å². The van der Waals surface area contributed by atoms with Crippen molar-refractivity contribution in [3.05, 3.63) is 74.9 Å². The molecule has 2 aromatic carbocycles. The molecule has 2 aromatic rings. The van der Waals surface area contributed by atoms with Gasteiger partial charge in [0.2, 0.25) is 0 Å². The highest BCUT2D eigenvalue weighted by atomic mass is 16.7. The Kier molecular flexibility index (Phi) is 9.05. The highest BCUT2D eigenvalue weighted by Gasteiger charge is 2.13. The van der Waals surface area contributed by atoms with E-state index < -0.39 is 4.92 Å². The number of nitro benzene ring substituents is 1. The summed E-state index contributed by atoms with van der Waals surface area (Å²) in [6.45, 7) is 4.26. The summed E-state index contributed by atoms with van der Waals surface area (Å²) in [5.41, 5.74) is 3.96. The molecule has 0 unspecified atom stereocenters. The topological polar surface area (TPSA) is 80.1 Å². The molecule has 7 heteroatoms. The zero-order chi connectivity index (χ0) is 21.9. The number of nitro groups is 1. The molecule has 0 saturated heterocycles. The normalized spacial score (nSPS) is 10.8. The van der Waals surface area contributed by atoms with Crippen molar-refractivity contribution in [2.45, 2.75) is 20.3 Å². The molecule has 0 heterocycles. The zero-order valence-corrected chi connectivity index (χ0v) is 17.7. The molecular weight excluding hydrogens is 386 g/mol. The van der Waals surface area contributed by atoms with Crippen molar-refractivity contribution in [2.24, 2.45) is 0 Å². The molecule has 7 nitrogen and oxygen atoms in total. The third-order valence-corrected chi connectivity index (χ3v) is 4.11. The molecule has 0 atom stereocenters. The Bertz CT molecular complexity index is 899. The lowest BCUT2D eigenvalue weighted by Crippen LogP contribution is -2.07. The quantitative estimate of drug-likeness (QED) is 0.165. The van der Waals surface area contributed by atoms with Crippen molar-refractivity contribution in [2.75, 3.05) is 27.8 Å². The summed E-state index contributed by atoms with van der Waals surface area (Å²) in [5.74, 6) is 1.16. The van der Waals surface area contributed by atoms with Crippen LogP contribution in [0.5, 0.6) is 11.5 Å². The van der Waals surface area contributed by atoms with Crippen molar-refractivity contribution in [1.29, 1.82) is 0 Å². The van der Waals surface area contributed by atoms with Gasteiger partial charge in [-0.2, -0.15) is 0 Å². The van der Waals surface area contributed by atoms with E-state index in [9.17, 15) is 10.1 Å². The summed E-state index contributed by atoms with van der Waals surface area (Å²) in [5, 5.41) is 10.8. The first-order valence-electron chi connectivity index (χ1n) is 9.41. The van der Waals surface area contributed by atoms with Crippen molar-refractivity contribution in [1.82, 2.24) is 0 Å². The maximum Gasteiger partial charge on any atom is 0.269 e. The van der Waals surface area contributed by atoms with E-state index in [0.717, 1.165) is 16.7 Å². The predicted molar refractivity (Wildman–Crippen MR) is 117 cm³/mol. The summed E-state index contributed by atoms with van der Waals surface area (Å²) in [4.78, 5) is 10.4. The second-order valence-electron chi connectivity index (χ2n) is 6.78. The number of benzene rings is 2. The van der Waals surface area contributed by atoms with Crippen LogP contribution in [0, 0.1) is 10.1 Å². The third kappa shape index (κ3) is 7.02. The molecule has 0 aromatic heterocycles. The molecule has 2 rings (SSSR count). The molecule has 160 valence electrons. The lowest BCUT2D eigenvalue weighted by molar-refractivity contribution is -0.384. The van der Waals surface area contributed by atoms with Gasteiger partial charge in [0.15, 0.2) is 25.1 Å². The van der Waals surface area contributed by atoms with Crippen LogP contribution in [0.3, 0.4) is 0 Å². The fourth-order valence-corrected chi connectivity index (χ4v) is 2.66. The van der Waals surface area contributed by atoms with Crippen molar-refractivity contribution < 1.29 is 23.9 Å². The highest BCUT2D eigenvalue weighted by molar-refractivity contribution is 5.72. The summed E-state index contributed by atoms with van der Waals surface area (Å²) in [7, 11) is 3.12. The maximum atomic E-state index is 10.8. The largest absolute Gasteiger partial charge is 0.464 e. The number of allylic oxidation sites excluding steroid dienone is 2. The molecule has 0 amide bonds. The van der Waals surface area contributed by atoms with E-state index in [0.29, 0.717) is 17.9 Å². The second-order valence-corrected chi connectivity index (χ2v) is 6.78. The molecule has 0 aliphatic rings. The van der Waals surface area contributed by atoms with Crippen LogP contribution in [0.15, 0.2) is 48.0 Å². The van der Waals surface area contributed by atoms with Gasteiger partial charge >= 0.3 is 0 Å². The Morgan fingerprint density at radius 1 is 0.967 bits per heavy atom. The van der Waals surface area contributed by atoms with E-state index in [1.807, 2.05) is 38.1 Å². The number of hydrogen-bond acceptors (Lipinski definition) is 6. The minimum Gasteiger partial charge on any atom is -0.464 e. The minimum absolute atomic E-state index is 0.0612. The standard InChI is InChI=1S/C23H27NO6/c1-17(2)5-10-20-13-19(7-6-18-8-11-21(12-9-18)24(25)26)14-22(29-15-27-3)23(20)30-16-28-4/h5-9,11-14H,10,15-16H2,1-4H3/b7-6+. The van der Waals surface area contributed by atoms with E-state index in [1.165, 1.54) is 17.7 Å². The molecule has 0 spiro atoms. The van der Waals surface area contributed by atoms with E-state index >= 15 is 0 Å². The summed E-state index contributed by atoms with van der Waals surface area (Å²) in [6, 6.07) is 10.3. The van der Waals surface area contributed by atoms with Gasteiger partial charge in [-0.25, -0.2) is 0 Å². The molecule has 0 aliphatic carbocycles. The van der Waals surface area contributed by atoms with E-state index in [-0.39, 0.29) is 19.3 Å². The molecule has 0 fully saturated rings. The molecule has 0 radical (unpaired) electrons. The molecule has 0 saturated carbocycles. The molecule has 0 N–H and O–H groups in total. The number of methoxy groups -OCH3 is 2. The number of non-ortho nitro benzene ring substituents is 1. The van der Waals surface area contributed by atoms with Gasteiger partial charge in [0.1, 0.15) is 0 Å². The van der Waals surface area contributed by atoms with Crippen LogP contribution < -0.4 is 9.47 Å². The first-order valence-corrected chi connectivity index (χ1v) is 9.41. The van der Waals surface area contributed by atoms with E-state index in [4.69, 9.17) is 18.9 Å². The number of nitrogens with zero attached hydrogens (tertiary/aromatic N) is 1. The number of rotatable bonds is 11. The Labute approximate surface area is 176 Å². The average molecular weight is 413 g/mol. The number of hydrogen-bond donors (Lipinski definition) is 0. The van der Waals surface area contributed by atoms with Crippen LogP contribution in [0.25, 0.3) is 12.2 Å². The summed E-state index contributed by atoms with van der Waals surface area (Å²) >= 11 is 0. The van der Waals surface area contributed by atoms with Gasteiger partial charge in [0.25, 0.3) is 5.69 Å². The van der Waals surface area contributed by atoms with Crippen LogP contribution in [-0.4, -0.2) is 32.7 Å². The molecule has 0 aliphatic heterocycles. The molecule has 30 heavy (non-hydrogen) atoms. The molecule has 0 bridgehead atoms. The fraction of sp³-hybridized carbons (Fsp3) is 0.304. The highest BCUT2D eigenvalue weighted by Crippen LogP contribution is 2.35. The van der Waals surface area contributed by atoms with Crippen molar-refractivity contribution in [3.63, 3.8) is 0 Å². The van der Waals surface area contributed by atoms with Gasteiger partial charge in [0, 0.05) is 31.9 Å². The molecular formula is C23H27NO6.